The van der Waals surface area contributed by atoms with Crippen LogP contribution in [0.5, 0.6) is 0 Å². The second kappa shape index (κ2) is 7.08. The molecular weight excluding hydrogens is 352 g/mol. The first-order valence-electron chi connectivity index (χ1n) is 9.16. The number of carbonyl (C=O) groups excluding carboxylic acids is 3. The zero-order chi connectivity index (χ0) is 20.6. The molecule has 0 atom stereocenters. The average molecular weight is 376 g/mol. The van der Waals surface area contributed by atoms with E-state index in [0.29, 0.717) is 5.69 Å². The van der Waals surface area contributed by atoms with Gasteiger partial charge >= 0.3 is 6.03 Å². The van der Waals surface area contributed by atoms with Crippen LogP contribution < -0.4 is 10.2 Å². The van der Waals surface area contributed by atoms with Gasteiger partial charge in [-0.1, -0.05) is 51.1 Å². The van der Waals surface area contributed by atoms with Crippen LogP contribution in [-0.2, 0) is 15.0 Å². The number of hydrogen-bond donors (Lipinski definition) is 1. The normalized spacial score (nSPS) is 16.5. The topological polar surface area (TPSA) is 66.5 Å². The summed E-state index contributed by atoms with van der Waals surface area (Å²) in [6, 6.07) is 12.4. The van der Waals surface area contributed by atoms with Gasteiger partial charge in [-0.25, -0.2) is 9.69 Å². The predicted molar refractivity (Wildman–Crippen MR) is 110 cm³/mol. The Bertz CT molecular complexity index is 975. The summed E-state index contributed by atoms with van der Waals surface area (Å²) >= 11 is 0. The molecule has 2 aromatic rings. The van der Waals surface area contributed by atoms with Crippen molar-refractivity contribution in [2.45, 2.75) is 40.0 Å². The van der Waals surface area contributed by atoms with Gasteiger partial charge in [-0.3, -0.25) is 14.9 Å². The minimum absolute atomic E-state index is 0.00987. The highest BCUT2D eigenvalue weighted by molar-refractivity contribution is 6.39. The summed E-state index contributed by atoms with van der Waals surface area (Å²) in [6.07, 6.45) is 1.52. The highest BCUT2D eigenvalue weighted by atomic mass is 16.2. The molecule has 1 N–H and O–H groups in total. The molecule has 0 unspecified atom stereocenters. The van der Waals surface area contributed by atoms with Gasteiger partial charge in [0.1, 0.15) is 5.57 Å². The van der Waals surface area contributed by atoms with E-state index in [2.05, 4.69) is 26.1 Å². The summed E-state index contributed by atoms with van der Waals surface area (Å²) in [6.45, 7) is 10.1. The fourth-order valence-electron chi connectivity index (χ4n) is 3.22. The van der Waals surface area contributed by atoms with Crippen molar-refractivity contribution in [3.8, 4) is 0 Å². The zero-order valence-electron chi connectivity index (χ0n) is 16.8. The standard InChI is InChI=1S/C23H24N2O3/c1-14-10-15(2)12-18(11-14)25-21(27)19(20(26)24-22(25)28)13-16-6-8-17(9-7-16)23(3,4)5/h6-13H,1-5H3,(H,24,26,28)/b19-13+. The van der Waals surface area contributed by atoms with Crippen LogP contribution in [0.15, 0.2) is 48.0 Å². The Balaban J connectivity index is 1.99. The summed E-state index contributed by atoms with van der Waals surface area (Å²) in [7, 11) is 0. The number of anilines is 1. The Morgan fingerprint density at radius 3 is 2.00 bits per heavy atom. The molecule has 144 valence electrons. The van der Waals surface area contributed by atoms with Gasteiger partial charge in [-0.05, 0) is 59.7 Å². The van der Waals surface area contributed by atoms with Crippen molar-refractivity contribution < 1.29 is 14.4 Å². The first-order chi connectivity index (χ1) is 13.1. The van der Waals surface area contributed by atoms with Crippen molar-refractivity contribution in [2.75, 3.05) is 4.90 Å². The van der Waals surface area contributed by atoms with Crippen molar-refractivity contribution in [3.63, 3.8) is 0 Å². The number of barbiturate groups is 1. The van der Waals surface area contributed by atoms with E-state index >= 15 is 0 Å². The molecule has 1 heterocycles. The number of carbonyl (C=O) groups is 3. The van der Waals surface area contributed by atoms with Crippen LogP contribution >= 0.6 is 0 Å². The molecule has 0 radical (unpaired) electrons. The van der Waals surface area contributed by atoms with Crippen LogP contribution in [-0.4, -0.2) is 17.8 Å². The summed E-state index contributed by atoms with van der Waals surface area (Å²) in [4.78, 5) is 38.6. The SMILES string of the molecule is Cc1cc(C)cc(N2C(=O)NC(=O)/C(=C\c3ccc(C(C)(C)C)cc3)C2=O)c1. The van der Waals surface area contributed by atoms with E-state index in [9.17, 15) is 14.4 Å². The molecule has 0 saturated carbocycles. The largest absolute Gasteiger partial charge is 0.335 e. The molecule has 1 aliphatic rings. The molecule has 0 aliphatic carbocycles. The second-order valence-corrected chi connectivity index (χ2v) is 8.18. The first kappa shape index (κ1) is 19.5. The second-order valence-electron chi connectivity index (χ2n) is 8.18. The Morgan fingerprint density at radius 1 is 0.893 bits per heavy atom. The summed E-state index contributed by atoms with van der Waals surface area (Å²) in [5.74, 6) is -1.31. The van der Waals surface area contributed by atoms with Crippen LogP contribution in [0, 0.1) is 13.8 Å². The van der Waals surface area contributed by atoms with Gasteiger partial charge in [0.2, 0.25) is 0 Å². The highest BCUT2D eigenvalue weighted by Gasteiger charge is 2.36. The summed E-state index contributed by atoms with van der Waals surface area (Å²) in [5.41, 5.74) is 4.12. The number of aryl methyl sites for hydroxylation is 2. The third-order valence-corrected chi connectivity index (χ3v) is 4.65. The first-order valence-corrected chi connectivity index (χ1v) is 9.16. The minimum atomic E-state index is -0.736. The Labute approximate surface area is 165 Å². The number of rotatable bonds is 2. The van der Waals surface area contributed by atoms with Crippen LogP contribution in [0.2, 0.25) is 0 Å². The Hall–Kier alpha value is -3.21. The molecule has 28 heavy (non-hydrogen) atoms. The van der Waals surface area contributed by atoms with Gasteiger partial charge in [0, 0.05) is 0 Å². The number of hydrogen-bond acceptors (Lipinski definition) is 3. The van der Waals surface area contributed by atoms with Gasteiger partial charge in [0.05, 0.1) is 5.69 Å². The van der Waals surface area contributed by atoms with Gasteiger partial charge in [-0.15, -0.1) is 0 Å². The molecule has 1 aliphatic heterocycles. The lowest BCUT2D eigenvalue weighted by molar-refractivity contribution is -0.122. The van der Waals surface area contributed by atoms with Crippen LogP contribution in [0.25, 0.3) is 6.08 Å². The zero-order valence-corrected chi connectivity index (χ0v) is 16.8. The molecule has 5 nitrogen and oxygen atoms in total. The minimum Gasteiger partial charge on any atom is -0.273 e. The third-order valence-electron chi connectivity index (χ3n) is 4.65. The van der Waals surface area contributed by atoms with E-state index < -0.39 is 17.8 Å². The molecule has 4 amide bonds. The maximum Gasteiger partial charge on any atom is 0.335 e. The molecule has 3 rings (SSSR count). The van der Waals surface area contributed by atoms with Crippen molar-refractivity contribution in [2.24, 2.45) is 0 Å². The summed E-state index contributed by atoms with van der Waals surface area (Å²) < 4.78 is 0. The summed E-state index contributed by atoms with van der Waals surface area (Å²) in [5, 5.41) is 2.26. The third kappa shape index (κ3) is 3.88. The Kier molecular flexibility index (Phi) is 4.94. The van der Waals surface area contributed by atoms with E-state index in [0.717, 1.165) is 27.2 Å². The van der Waals surface area contributed by atoms with Crippen molar-refractivity contribution >= 4 is 29.6 Å². The Morgan fingerprint density at radius 2 is 1.46 bits per heavy atom. The number of nitrogens with one attached hydrogen (secondary N) is 1. The van der Waals surface area contributed by atoms with Crippen LogP contribution in [0.4, 0.5) is 10.5 Å². The molecule has 2 aromatic carbocycles. The van der Waals surface area contributed by atoms with E-state index in [4.69, 9.17) is 0 Å². The van der Waals surface area contributed by atoms with E-state index in [1.54, 1.807) is 12.1 Å². The lowest BCUT2D eigenvalue weighted by Crippen LogP contribution is -2.54. The average Bonchev–Trinajstić information content (AvgIpc) is 2.57. The maximum absolute atomic E-state index is 13.0. The number of urea groups is 1. The van der Waals surface area contributed by atoms with Gasteiger partial charge in [-0.2, -0.15) is 0 Å². The molecule has 0 aromatic heterocycles. The molecule has 1 fully saturated rings. The fourth-order valence-corrected chi connectivity index (χ4v) is 3.22. The molecule has 5 heteroatoms. The lowest BCUT2D eigenvalue weighted by Gasteiger charge is -2.27. The van der Waals surface area contributed by atoms with Gasteiger partial charge < -0.3 is 0 Å². The monoisotopic (exact) mass is 376 g/mol. The predicted octanol–water partition coefficient (Wildman–Crippen LogP) is 4.27. The van der Waals surface area contributed by atoms with E-state index in [-0.39, 0.29) is 11.0 Å². The van der Waals surface area contributed by atoms with E-state index in [1.165, 1.54) is 6.08 Å². The quantitative estimate of drug-likeness (QED) is 0.629. The van der Waals surface area contributed by atoms with Crippen molar-refractivity contribution in [3.05, 3.63) is 70.3 Å². The molecular formula is C23H24N2O3. The maximum atomic E-state index is 13.0. The van der Waals surface area contributed by atoms with Crippen molar-refractivity contribution in [1.29, 1.82) is 0 Å². The van der Waals surface area contributed by atoms with Crippen molar-refractivity contribution in [1.82, 2.24) is 5.32 Å². The number of amides is 4. The van der Waals surface area contributed by atoms with Crippen LogP contribution in [0.3, 0.4) is 0 Å². The highest BCUT2D eigenvalue weighted by Crippen LogP contribution is 2.26. The van der Waals surface area contributed by atoms with E-state index in [1.807, 2.05) is 44.2 Å². The van der Waals surface area contributed by atoms with Gasteiger partial charge in [0.25, 0.3) is 11.8 Å². The number of nitrogens with zero attached hydrogens (tertiary/aromatic N) is 1. The molecule has 0 spiro atoms. The fraction of sp³-hybridized carbons (Fsp3) is 0.261. The van der Waals surface area contributed by atoms with Gasteiger partial charge in [0.15, 0.2) is 0 Å². The number of benzene rings is 2. The smallest absolute Gasteiger partial charge is 0.273 e. The molecule has 1 saturated heterocycles. The lowest BCUT2D eigenvalue weighted by atomic mass is 9.86. The number of imide groups is 2. The van der Waals surface area contributed by atoms with Crippen LogP contribution in [0.1, 0.15) is 43.0 Å². The molecule has 0 bridgehead atoms.